The molecular formula is C26H30N2O7. The van der Waals surface area contributed by atoms with Crippen LogP contribution in [-0.4, -0.2) is 85.5 Å². The molecule has 0 aromatic heterocycles. The summed E-state index contributed by atoms with van der Waals surface area (Å²) in [5, 5.41) is 10.2. The molecule has 0 aliphatic carbocycles. The van der Waals surface area contributed by atoms with Crippen molar-refractivity contribution in [1.29, 1.82) is 0 Å². The van der Waals surface area contributed by atoms with Crippen LogP contribution in [0.5, 0.6) is 17.2 Å². The average Bonchev–Trinajstić information content (AvgIpc) is 3.14. The van der Waals surface area contributed by atoms with Crippen molar-refractivity contribution in [3.63, 3.8) is 0 Å². The summed E-state index contributed by atoms with van der Waals surface area (Å²) in [6.45, 7) is 5.65. The predicted molar refractivity (Wildman–Crippen MR) is 127 cm³/mol. The number of ketones is 2. The van der Waals surface area contributed by atoms with Gasteiger partial charge in [0.1, 0.15) is 11.7 Å². The summed E-state index contributed by atoms with van der Waals surface area (Å²) in [5.74, 6) is -2.44. The first-order chi connectivity index (χ1) is 16.9. The Balaban J connectivity index is 1.71. The minimum absolute atomic E-state index is 0.0539. The van der Waals surface area contributed by atoms with E-state index in [1.54, 1.807) is 43.3 Å². The molecule has 2 saturated heterocycles. The Morgan fingerprint density at radius 2 is 1.89 bits per heavy atom. The van der Waals surface area contributed by atoms with E-state index in [-0.39, 0.29) is 18.0 Å². The molecule has 1 N–H and O–H groups in total. The molecule has 2 unspecified atom stereocenters. The van der Waals surface area contributed by atoms with E-state index in [0.29, 0.717) is 43.2 Å². The van der Waals surface area contributed by atoms with Gasteiger partial charge in [-0.3, -0.25) is 19.3 Å². The molecule has 2 atom stereocenters. The molecule has 2 heterocycles. The summed E-state index contributed by atoms with van der Waals surface area (Å²) < 4.78 is 16.2. The summed E-state index contributed by atoms with van der Waals surface area (Å²) >= 11 is 0. The van der Waals surface area contributed by atoms with Crippen LogP contribution in [-0.2, 0) is 14.3 Å². The number of rotatable bonds is 9. The molecule has 2 aromatic carbocycles. The first-order valence-electron chi connectivity index (χ1n) is 11.7. The second-order valence-electron chi connectivity index (χ2n) is 8.50. The molecular weight excluding hydrogens is 452 g/mol. The third-order valence-corrected chi connectivity index (χ3v) is 6.43. The molecule has 1 amide bonds. The highest BCUT2D eigenvalue weighted by molar-refractivity contribution is 6.44. The van der Waals surface area contributed by atoms with Gasteiger partial charge in [0, 0.05) is 31.7 Å². The van der Waals surface area contributed by atoms with E-state index in [0.717, 1.165) is 13.1 Å². The standard InChI is InChI=1S/C26H30N2O7/c1-3-35-21-16-17(7-8-20(21)29)23-22(24(30)18-5-4-6-19(15-18)33-2)25(31)26(32)28(23)10-9-27-11-13-34-14-12-27/h4-8,15-16,22-23,29H,3,9-14H2,1-2H3. The van der Waals surface area contributed by atoms with Crippen LogP contribution in [0.1, 0.15) is 28.9 Å². The number of carbonyl (C=O) groups excluding carboxylic acids is 3. The number of carbonyl (C=O) groups is 3. The SMILES string of the molecule is CCOc1cc(C2C(C(=O)c3cccc(OC)c3)C(=O)C(=O)N2CCN2CCOCC2)ccc1O. The van der Waals surface area contributed by atoms with Crippen molar-refractivity contribution < 1.29 is 33.7 Å². The highest BCUT2D eigenvalue weighted by Crippen LogP contribution is 2.41. The lowest BCUT2D eigenvalue weighted by Crippen LogP contribution is -2.42. The summed E-state index contributed by atoms with van der Waals surface area (Å²) in [4.78, 5) is 43.7. The average molecular weight is 483 g/mol. The number of hydrogen-bond donors (Lipinski definition) is 1. The molecule has 0 radical (unpaired) electrons. The van der Waals surface area contributed by atoms with Gasteiger partial charge in [-0.05, 0) is 36.8 Å². The molecule has 2 aliphatic heterocycles. The Morgan fingerprint density at radius 3 is 2.60 bits per heavy atom. The number of benzene rings is 2. The number of amides is 1. The molecule has 0 spiro atoms. The Bertz CT molecular complexity index is 1100. The number of ether oxygens (including phenoxy) is 3. The Morgan fingerprint density at radius 1 is 1.11 bits per heavy atom. The minimum atomic E-state index is -1.22. The number of morpholine rings is 1. The van der Waals surface area contributed by atoms with Crippen LogP contribution in [0.15, 0.2) is 42.5 Å². The lowest BCUT2D eigenvalue weighted by atomic mass is 9.86. The number of phenolic OH excluding ortho intramolecular Hbond substituents is 1. The Kier molecular flexibility index (Phi) is 7.67. The molecule has 2 aliphatic rings. The van der Waals surface area contributed by atoms with Crippen molar-refractivity contribution in [2.45, 2.75) is 13.0 Å². The van der Waals surface area contributed by atoms with E-state index < -0.39 is 29.4 Å². The molecule has 4 rings (SSSR count). The monoisotopic (exact) mass is 482 g/mol. The number of hydrogen-bond acceptors (Lipinski definition) is 8. The molecule has 2 fully saturated rings. The maximum absolute atomic E-state index is 13.6. The normalized spacial score (nSPS) is 20.8. The Hall–Kier alpha value is -3.43. The van der Waals surface area contributed by atoms with E-state index >= 15 is 0 Å². The highest BCUT2D eigenvalue weighted by Gasteiger charge is 2.51. The lowest BCUT2D eigenvalue weighted by molar-refractivity contribution is -0.141. The molecule has 9 nitrogen and oxygen atoms in total. The van der Waals surface area contributed by atoms with E-state index in [9.17, 15) is 19.5 Å². The number of likely N-dealkylation sites (tertiary alicyclic amines) is 1. The molecule has 0 saturated carbocycles. The summed E-state index contributed by atoms with van der Waals surface area (Å²) in [6, 6.07) is 10.4. The zero-order valence-electron chi connectivity index (χ0n) is 19.9. The highest BCUT2D eigenvalue weighted by atomic mass is 16.5. The van der Waals surface area contributed by atoms with E-state index in [2.05, 4.69) is 4.90 Å². The second-order valence-corrected chi connectivity index (χ2v) is 8.50. The van der Waals surface area contributed by atoms with Gasteiger partial charge in [0.05, 0.1) is 33.0 Å². The van der Waals surface area contributed by atoms with Crippen LogP contribution < -0.4 is 9.47 Å². The lowest BCUT2D eigenvalue weighted by Gasteiger charge is -2.32. The van der Waals surface area contributed by atoms with Gasteiger partial charge >= 0.3 is 0 Å². The summed E-state index contributed by atoms with van der Waals surface area (Å²) in [5.41, 5.74) is 0.841. The number of aromatic hydroxyl groups is 1. The van der Waals surface area contributed by atoms with Crippen LogP contribution in [0.2, 0.25) is 0 Å². The fraction of sp³-hybridized carbons (Fsp3) is 0.423. The van der Waals surface area contributed by atoms with E-state index in [4.69, 9.17) is 14.2 Å². The smallest absolute Gasteiger partial charge is 0.291 e. The topological polar surface area (TPSA) is 106 Å². The number of nitrogens with zero attached hydrogens (tertiary/aromatic N) is 2. The third kappa shape index (κ3) is 5.16. The zero-order valence-corrected chi connectivity index (χ0v) is 19.9. The summed E-state index contributed by atoms with van der Waals surface area (Å²) in [7, 11) is 1.50. The van der Waals surface area contributed by atoms with Gasteiger partial charge in [-0.1, -0.05) is 18.2 Å². The van der Waals surface area contributed by atoms with Crippen molar-refractivity contribution in [2.75, 3.05) is 53.1 Å². The zero-order chi connectivity index (χ0) is 24.9. The van der Waals surface area contributed by atoms with Gasteiger partial charge in [-0.2, -0.15) is 0 Å². The molecule has 0 bridgehead atoms. The first kappa shape index (κ1) is 24.7. The van der Waals surface area contributed by atoms with Crippen molar-refractivity contribution in [1.82, 2.24) is 9.80 Å². The van der Waals surface area contributed by atoms with Gasteiger partial charge in [0.25, 0.3) is 5.91 Å². The largest absolute Gasteiger partial charge is 0.504 e. The van der Waals surface area contributed by atoms with Crippen molar-refractivity contribution >= 4 is 17.5 Å². The number of phenols is 1. The van der Waals surface area contributed by atoms with Crippen molar-refractivity contribution in [2.24, 2.45) is 5.92 Å². The van der Waals surface area contributed by atoms with Gasteiger partial charge < -0.3 is 24.2 Å². The van der Waals surface area contributed by atoms with E-state index in [1.807, 2.05) is 0 Å². The van der Waals surface area contributed by atoms with Crippen LogP contribution in [0.25, 0.3) is 0 Å². The van der Waals surface area contributed by atoms with Crippen LogP contribution in [0, 0.1) is 5.92 Å². The van der Waals surface area contributed by atoms with Gasteiger partial charge in [-0.15, -0.1) is 0 Å². The quantitative estimate of drug-likeness (QED) is 0.329. The van der Waals surface area contributed by atoms with Gasteiger partial charge in [0.2, 0.25) is 5.78 Å². The predicted octanol–water partition coefficient (Wildman–Crippen LogP) is 2.08. The molecule has 186 valence electrons. The van der Waals surface area contributed by atoms with Crippen LogP contribution in [0.3, 0.4) is 0 Å². The minimum Gasteiger partial charge on any atom is -0.504 e. The first-order valence-corrected chi connectivity index (χ1v) is 11.7. The van der Waals surface area contributed by atoms with Gasteiger partial charge in [0.15, 0.2) is 17.3 Å². The van der Waals surface area contributed by atoms with Crippen molar-refractivity contribution in [3.05, 3.63) is 53.6 Å². The molecule has 9 heteroatoms. The third-order valence-electron chi connectivity index (χ3n) is 6.43. The Labute approximate surface area is 204 Å². The second kappa shape index (κ2) is 10.9. The number of Topliss-reactive ketones (excluding diaryl/α,β-unsaturated/α-hetero) is 2. The fourth-order valence-corrected chi connectivity index (χ4v) is 4.62. The summed E-state index contributed by atoms with van der Waals surface area (Å²) in [6.07, 6.45) is 0. The van der Waals surface area contributed by atoms with Crippen molar-refractivity contribution in [3.8, 4) is 17.2 Å². The molecule has 2 aromatic rings. The van der Waals surface area contributed by atoms with Gasteiger partial charge in [-0.25, -0.2) is 0 Å². The van der Waals surface area contributed by atoms with E-state index in [1.165, 1.54) is 18.1 Å². The molecule has 35 heavy (non-hydrogen) atoms. The fourth-order valence-electron chi connectivity index (χ4n) is 4.62. The number of methoxy groups -OCH3 is 1. The maximum Gasteiger partial charge on any atom is 0.291 e. The van der Waals surface area contributed by atoms with Crippen LogP contribution in [0.4, 0.5) is 0 Å². The van der Waals surface area contributed by atoms with Crippen LogP contribution >= 0.6 is 0 Å². The maximum atomic E-state index is 13.6.